The topological polar surface area (TPSA) is 81.9 Å². The van der Waals surface area contributed by atoms with Gasteiger partial charge in [-0.2, -0.15) is 0 Å². The van der Waals surface area contributed by atoms with E-state index in [2.05, 4.69) is 0 Å². The van der Waals surface area contributed by atoms with Gasteiger partial charge >= 0.3 is 12.1 Å². The van der Waals surface area contributed by atoms with Gasteiger partial charge in [-0.05, 0) is 38.5 Å². The molecule has 2 N–H and O–H groups in total. The zero-order chi connectivity index (χ0) is 17.5. The van der Waals surface area contributed by atoms with E-state index in [1.165, 1.54) is 0 Å². The molecular formula is C18H24N2O4. The summed E-state index contributed by atoms with van der Waals surface area (Å²) in [7, 11) is 0. The van der Waals surface area contributed by atoms with Crippen molar-refractivity contribution in [1.29, 1.82) is 0 Å². The van der Waals surface area contributed by atoms with Crippen LogP contribution >= 0.6 is 0 Å². The molecule has 2 aliphatic rings. The highest BCUT2D eigenvalue weighted by Gasteiger charge is 2.44. The Morgan fingerprint density at radius 2 is 1.96 bits per heavy atom. The van der Waals surface area contributed by atoms with E-state index >= 15 is 0 Å². The van der Waals surface area contributed by atoms with Crippen molar-refractivity contribution in [1.82, 2.24) is 4.90 Å². The number of piperidine rings is 1. The summed E-state index contributed by atoms with van der Waals surface area (Å²) in [4.78, 5) is 26.2. The van der Waals surface area contributed by atoms with Crippen LogP contribution in [0.2, 0.25) is 0 Å². The average Bonchev–Trinajstić information content (AvgIpc) is 2.47. The van der Waals surface area contributed by atoms with Gasteiger partial charge < -0.3 is 20.1 Å². The van der Waals surface area contributed by atoms with Gasteiger partial charge in [-0.3, -0.25) is 0 Å². The molecule has 24 heavy (non-hydrogen) atoms. The van der Waals surface area contributed by atoms with Crippen LogP contribution in [-0.2, 0) is 15.9 Å². The molecule has 0 aromatic heterocycles. The van der Waals surface area contributed by atoms with E-state index in [-0.39, 0.29) is 12.1 Å². The van der Waals surface area contributed by atoms with Gasteiger partial charge in [-0.15, -0.1) is 0 Å². The number of rotatable bonds is 0. The van der Waals surface area contributed by atoms with Gasteiger partial charge in [0.15, 0.2) is 0 Å². The Balaban J connectivity index is 1.69. The Kier molecular flexibility index (Phi) is 3.94. The number of nitrogen functional groups attached to an aromatic ring is 1. The number of nitrogens with zero attached hydrogens (tertiary/aromatic N) is 1. The van der Waals surface area contributed by atoms with Crippen LogP contribution in [0.5, 0.6) is 0 Å². The minimum atomic E-state index is -0.529. The first-order chi connectivity index (χ1) is 11.2. The predicted molar refractivity (Wildman–Crippen MR) is 89.7 cm³/mol. The van der Waals surface area contributed by atoms with Crippen LogP contribution in [0.3, 0.4) is 0 Å². The summed E-state index contributed by atoms with van der Waals surface area (Å²) >= 11 is 0. The molecule has 1 spiro atoms. The molecule has 6 nitrogen and oxygen atoms in total. The molecule has 0 bridgehead atoms. The Morgan fingerprint density at radius 1 is 1.29 bits per heavy atom. The quantitative estimate of drug-likeness (QED) is 0.583. The number of anilines is 1. The number of hydrogen-bond acceptors (Lipinski definition) is 5. The molecule has 1 aromatic rings. The summed E-state index contributed by atoms with van der Waals surface area (Å²) in [6, 6.07) is 5.37. The van der Waals surface area contributed by atoms with Crippen LogP contribution in [0.1, 0.15) is 49.5 Å². The van der Waals surface area contributed by atoms with Crippen molar-refractivity contribution in [2.45, 2.75) is 51.2 Å². The third-order valence-corrected chi connectivity index (χ3v) is 4.50. The van der Waals surface area contributed by atoms with Crippen LogP contribution in [-0.4, -0.2) is 41.3 Å². The molecular weight excluding hydrogens is 308 g/mol. The molecule has 0 atom stereocenters. The summed E-state index contributed by atoms with van der Waals surface area (Å²) < 4.78 is 11.2. The summed E-state index contributed by atoms with van der Waals surface area (Å²) in [6.07, 6.45) is 1.58. The van der Waals surface area contributed by atoms with Crippen LogP contribution in [0.25, 0.3) is 0 Å². The van der Waals surface area contributed by atoms with Gasteiger partial charge in [-0.25, -0.2) is 9.59 Å². The average molecular weight is 332 g/mol. The fraction of sp³-hybridized carbons (Fsp3) is 0.556. The van der Waals surface area contributed by atoms with Crippen molar-refractivity contribution in [2.75, 3.05) is 18.8 Å². The standard InChI is InChI=1S/C18H24N2O4/c1-17(2,3)24-16(22)20-8-6-18(7-9-20)11-12-4-5-13(19)10-14(12)15(21)23-18/h4-5,10H,6-9,11,19H2,1-3H3. The number of amides is 1. The van der Waals surface area contributed by atoms with Crippen LogP contribution in [0.4, 0.5) is 10.5 Å². The van der Waals surface area contributed by atoms with Gasteiger partial charge in [0.25, 0.3) is 0 Å². The number of hydrogen-bond donors (Lipinski definition) is 1. The van der Waals surface area contributed by atoms with Crippen molar-refractivity contribution < 1.29 is 19.1 Å². The summed E-state index contributed by atoms with van der Waals surface area (Å²) in [5.41, 5.74) is 6.78. The van der Waals surface area contributed by atoms with E-state index in [1.807, 2.05) is 26.8 Å². The van der Waals surface area contributed by atoms with Crippen LogP contribution in [0.15, 0.2) is 18.2 Å². The van der Waals surface area contributed by atoms with E-state index in [0.717, 1.165) is 5.56 Å². The highest BCUT2D eigenvalue weighted by molar-refractivity contribution is 5.93. The maximum Gasteiger partial charge on any atom is 0.410 e. The SMILES string of the molecule is CC(C)(C)OC(=O)N1CCC2(CC1)Cc1ccc(N)cc1C(=O)O2. The summed E-state index contributed by atoms with van der Waals surface area (Å²) in [6.45, 7) is 6.59. The Labute approximate surface area is 141 Å². The minimum absolute atomic E-state index is 0.312. The number of ether oxygens (including phenoxy) is 2. The molecule has 0 radical (unpaired) electrons. The first kappa shape index (κ1) is 16.6. The number of likely N-dealkylation sites (tertiary alicyclic amines) is 1. The molecule has 1 aromatic carbocycles. The smallest absolute Gasteiger partial charge is 0.410 e. The highest BCUT2D eigenvalue weighted by Crippen LogP contribution is 2.37. The first-order valence-corrected chi connectivity index (χ1v) is 8.27. The monoisotopic (exact) mass is 332 g/mol. The zero-order valence-electron chi connectivity index (χ0n) is 14.4. The Morgan fingerprint density at radius 3 is 2.58 bits per heavy atom. The third kappa shape index (κ3) is 3.32. The Bertz CT molecular complexity index is 670. The Hall–Kier alpha value is -2.24. The zero-order valence-corrected chi connectivity index (χ0v) is 14.4. The molecule has 2 aliphatic heterocycles. The van der Waals surface area contributed by atoms with E-state index < -0.39 is 11.2 Å². The lowest BCUT2D eigenvalue weighted by molar-refractivity contribution is -0.0587. The second-order valence-corrected chi connectivity index (χ2v) is 7.63. The lowest BCUT2D eigenvalue weighted by Gasteiger charge is -2.43. The molecule has 1 fully saturated rings. The lowest BCUT2D eigenvalue weighted by atomic mass is 9.81. The van der Waals surface area contributed by atoms with Crippen LogP contribution in [0, 0.1) is 0 Å². The van der Waals surface area contributed by atoms with Gasteiger partial charge in [0.1, 0.15) is 11.2 Å². The molecule has 0 saturated carbocycles. The van der Waals surface area contributed by atoms with E-state index in [9.17, 15) is 9.59 Å². The number of carbonyl (C=O) groups excluding carboxylic acids is 2. The number of nitrogens with two attached hydrogens (primary N) is 1. The van der Waals surface area contributed by atoms with Crippen molar-refractivity contribution in [3.63, 3.8) is 0 Å². The lowest BCUT2D eigenvalue weighted by Crippen LogP contribution is -2.52. The molecule has 2 heterocycles. The van der Waals surface area contributed by atoms with E-state index in [0.29, 0.717) is 43.6 Å². The number of carbonyl (C=O) groups is 2. The fourth-order valence-electron chi connectivity index (χ4n) is 3.28. The molecule has 0 unspecified atom stereocenters. The van der Waals surface area contributed by atoms with Gasteiger partial charge in [-0.1, -0.05) is 6.07 Å². The second-order valence-electron chi connectivity index (χ2n) is 7.63. The van der Waals surface area contributed by atoms with Crippen molar-refractivity contribution in [3.8, 4) is 0 Å². The van der Waals surface area contributed by atoms with E-state index in [4.69, 9.17) is 15.2 Å². The third-order valence-electron chi connectivity index (χ3n) is 4.50. The van der Waals surface area contributed by atoms with Gasteiger partial charge in [0.2, 0.25) is 0 Å². The minimum Gasteiger partial charge on any atom is -0.455 e. The highest BCUT2D eigenvalue weighted by atomic mass is 16.6. The normalized spacial score (nSPS) is 19.6. The second kappa shape index (κ2) is 5.69. The van der Waals surface area contributed by atoms with Gasteiger partial charge in [0.05, 0.1) is 5.56 Å². The largest absolute Gasteiger partial charge is 0.455 e. The van der Waals surface area contributed by atoms with E-state index in [1.54, 1.807) is 17.0 Å². The number of esters is 1. The van der Waals surface area contributed by atoms with Crippen molar-refractivity contribution >= 4 is 17.7 Å². The molecule has 6 heteroatoms. The maximum absolute atomic E-state index is 12.3. The maximum atomic E-state index is 12.3. The van der Waals surface area contributed by atoms with Crippen molar-refractivity contribution in [2.24, 2.45) is 0 Å². The molecule has 1 amide bonds. The fourth-order valence-corrected chi connectivity index (χ4v) is 3.28. The van der Waals surface area contributed by atoms with Gasteiger partial charge in [0, 0.05) is 38.0 Å². The molecule has 3 rings (SSSR count). The molecule has 130 valence electrons. The predicted octanol–water partition coefficient (Wildman–Crippen LogP) is 2.75. The molecule has 0 aliphatic carbocycles. The first-order valence-electron chi connectivity index (χ1n) is 8.27. The number of fused-ring (bicyclic) bond motifs is 1. The summed E-state index contributed by atoms with van der Waals surface area (Å²) in [5.74, 6) is -0.325. The molecule has 1 saturated heterocycles. The van der Waals surface area contributed by atoms with Crippen LogP contribution < -0.4 is 5.73 Å². The summed E-state index contributed by atoms with van der Waals surface area (Å²) in [5, 5.41) is 0. The number of benzene rings is 1. The van der Waals surface area contributed by atoms with Crippen molar-refractivity contribution in [3.05, 3.63) is 29.3 Å².